The molecule has 2 fully saturated rings. The number of aromatic nitrogens is 2. The molecule has 7 heteroatoms. The molecule has 0 spiro atoms. The van der Waals surface area contributed by atoms with Crippen LogP contribution in [0.1, 0.15) is 37.1 Å². The van der Waals surface area contributed by atoms with Gasteiger partial charge in [0.2, 0.25) is 17.6 Å². The van der Waals surface area contributed by atoms with Gasteiger partial charge in [0, 0.05) is 29.7 Å². The predicted molar refractivity (Wildman–Crippen MR) is 135 cm³/mol. The molecule has 0 aliphatic carbocycles. The molecule has 1 unspecified atom stereocenters. The molecule has 1 atom stereocenters. The van der Waals surface area contributed by atoms with Gasteiger partial charge in [-0.3, -0.25) is 9.69 Å². The Balaban J connectivity index is 1.12. The minimum Gasteiger partial charge on any atom is -0.342 e. The summed E-state index contributed by atoms with van der Waals surface area (Å²) in [5.74, 6) is 2.27. The highest BCUT2D eigenvalue weighted by Gasteiger charge is 2.32. The van der Waals surface area contributed by atoms with Crippen LogP contribution in [0.15, 0.2) is 63.6 Å². The van der Waals surface area contributed by atoms with Crippen molar-refractivity contribution in [2.75, 3.05) is 26.2 Å². The molecule has 2 aliphatic heterocycles. The molecule has 178 valence electrons. The van der Waals surface area contributed by atoms with Gasteiger partial charge in [0.05, 0.1) is 12.5 Å². The fraction of sp³-hybridized carbons (Fsp3) is 0.444. The summed E-state index contributed by atoms with van der Waals surface area (Å²) in [6.07, 6.45) is 5.30. The Hall–Kier alpha value is -2.51. The third kappa shape index (κ3) is 5.76. The summed E-state index contributed by atoms with van der Waals surface area (Å²) in [5, 5.41) is 4.14. The number of rotatable bonds is 6. The zero-order valence-corrected chi connectivity index (χ0v) is 21.0. The van der Waals surface area contributed by atoms with Gasteiger partial charge in [0.15, 0.2) is 0 Å². The van der Waals surface area contributed by atoms with E-state index in [9.17, 15) is 4.79 Å². The van der Waals surface area contributed by atoms with Gasteiger partial charge in [-0.2, -0.15) is 4.98 Å². The highest BCUT2D eigenvalue weighted by molar-refractivity contribution is 9.10. The number of halogens is 1. The summed E-state index contributed by atoms with van der Waals surface area (Å²) >= 11 is 3.45. The lowest BCUT2D eigenvalue weighted by Gasteiger charge is -2.37. The van der Waals surface area contributed by atoms with Crippen LogP contribution in [0.3, 0.4) is 0 Å². The van der Waals surface area contributed by atoms with Crippen molar-refractivity contribution in [3.8, 4) is 11.4 Å². The van der Waals surface area contributed by atoms with Crippen molar-refractivity contribution in [3.63, 3.8) is 0 Å². The van der Waals surface area contributed by atoms with E-state index in [-0.39, 0.29) is 5.92 Å². The second-order valence-corrected chi connectivity index (χ2v) is 10.5. The van der Waals surface area contributed by atoms with Crippen molar-refractivity contribution >= 4 is 21.8 Å². The number of nitrogens with zero attached hydrogens (tertiary/aromatic N) is 4. The van der Waals surface area contributed by atoms with Crippen LogP contribution in [0.5, 0.6) is 0 Å². The Kier molecular flexibility index (Phi) is 7.40. The van der Waals surface area contributed by atoms with Crippen LogP contribution in [0.4, 0.5) is 0 Å². The van der Waals surface area contributed by atoms with E-state index in [1.54, 1.807) is 0 Å². The van der Waals surface area contributed by atoms with E-state index < -0.39 is 0 Å². The van der Waals surface area contributed by atoms with Crippen LogP contribution in [-0.4, -0.2) is 52.0 Å². The Morgan fingerprint density at radius 1 is 1.00 bits per heavy atom. The summed E-state index contributed by atoms with van der Waals surface area (Å²) < 4.78 is 6.53. The fourth-order valence-corrected chi connectivity index (χ4v) is 5.45. The first-order chi connectivity index (χ1) is 16.6. The molecule has 0 N–H and O–H groups in total. The van der Waals surface area contributed by atoms with Crippen molar-refractivity contribution in [2.24, 2.45) is 11.8 Å². The molecule has 2 aromatic carbocycles. The number of likely N-dealkylation sites (tertiary alicyclic amines) is 2. The number of hydrogen-bond acceptors (Lipinski definition) is 5. The number of amides is 1. The van der Waals surface area contributed by atoms with Gasteiger partial charge >= 0.3 is 0 Å². The SMILES string of the molecule is O=C(C1CCCN(Cc2nc(-c3ccc(Br)cc3)no2)C1)N1CCC(Cc2ccccc2)CC1. The molecule has 3 heterocycles. The van der Waals surface area contributed by atoms with Crippen molar-refractivity contribution in [3.05, 3.63) is 70.5 Å². The molecular weight excluding hydrogens is 492 g/mol. The fourth-order valence-electron chi connectivity index (χ4n) is 5.19. The Morgan fingerprint density at radius 3 is 2.53 bits per heavy atom. The largest absolute Gasteiger partial charge is 0.342 e. The average Bonchev–Trinajstić information content (AvgIpc) is 3.34. The number of piperidine rings is 2. The molecule has 1 aromatic heterocycles. The molecule has 1 amide bonds. The van der Waals surface area contributed by atoms with Gasteiger partial charge in [-0.25, -0.2) is 0 Å². The smallest absolute Gasteiger partial charge is 0.241 e. The first kappa shape index (κ1) is 23.2. The maximum absolute atomic E-state index is 13.3. The predicted octanol–water partition coefficient (Wildman–Crippen LogP) is 5.19. The van der Waals surface area contributed by atoms with Crippen molar-refractivity contribution in [1.29, 1.82) is 0 Å². The Bertz CT molecular complexity index is 1080. The third-order valence-corrected chi connectivity index (χ3v) is 7.61. The Labute approximate surface area is 209 Å². The lowest BCUT2D eigenvalue weighted by Crippen LogP contribution is -2.47. The van der Waals surface area contributed by atoms with E-state index in [0.29, 0.717) is 30.1 Å². The summed E-state index contributed by atoms with van der Waals surface area (Å²) in [6, 6.07) is 18.6. The maximum atomic E-state index is 13.3. The molecular formula is C27H31BrN4O2. The third-order valence-electron chi connectivity index (χ3n) is 7.08. The van der Waals surface area contributed by atoms with Gasteiger partial charge in [0.1, 0.15) is 0 Å². The van der Waals surface area contributed by atoms with E-state index in [0.717, 1.165) is 68.3 Å². The second kappa shape index (κ2) is 10.8. The highest BCUT2D eigenvalue weighted by atomic mass is 79.9. The first-order valence-electron chi connectivity index (χ1n) is 12.3. The van der Waals surface area contributed by atoms with Gasteiger partial charge < -0.3 is 9.42 Å². The van der Waals surface area contributed by atoms with Crippen LogP contribution in [0.25, 0.3) is 11.4 Å². The summed E-state index contributed by atoms with van der Waals surface area (Å²) in [4.78, 5) is 22.2. The zero-order valence-electron chi connectivity index (χ0n) is 19.4. The molecule has 2 saturated heterocycles. The lowest BCUT2D eigenvalue weighted by molar-refractivity contribution is -0.138. The average molecular weight is 523 g/mol. The Morgan fingerprint density at radius 2 is 1.76 bits per heavy atom. The normalized spacial score (nSPS) is 19.9. The second-order valence-electron chi connectivity index (χ2n) is 9.55. The van der Waals surface area contributed by atoms with Gasteiger partial charge in [-0.1, -0.05) is 51.4 Å². The zero-order chi connectivity index (χ0) is 23.3. The molecule has 34 heavy (non-hydrogen) atoms. The van der Waals surface area contributed by atoms with E-state index in [1.165, 1.54) is 5.56 Å². The van der Waals surface area contributed by atoms with E-state index >= 15 is 0 Å². The highest BCUT2D eigenvalue weighted by Crippen LogP contribution is 2.26. The summed E-state index contributed by atoms with van der Waals surface area (Å²) in [7, 11) is 0. The molecule has 0 radical (unpaired) electrons. The van der Waals surface area contributed by atoms with Crippen molar-refractivity contribution in [2.45, 2.75) is 38.6 Å². The van der Waals surface area contributed by atoms with Crippen LogP contribution in [0.2, 0.25) is 0 Å². The van der Waals surface area contributed by atoms with Gasteiger partial charge in [-0.05, 0) is 74.4 Å². The van der Waals surface area contributed by atoms with E-state index in [2.05, 4.69) is 66.2 Å². The maximum Gasteiger partial charge on any atom is 0.241 e. The standard InChI is InChI=1S/C27H31BrN4O2/c28-24-10-8-22(9-11-24)26-29-25(34-30-26)19-31-14-4-7-23(18-31)27(33)32-15-12-21(13-16-32)17-20-5-2-1-3-6-20/h1-3,5-6,8-11,21,23H,4,7,12-19H2. The minimum absolute atomic E-state index is 0.0632. The van der Waals surface area contributed by atoms with Crippen molar-refractivity contribution < 1.29 is 9.32 Å². The quantitative estimate of drug-likeness (QED) is 0.445. The minimum atomic E-state index is 0.0632. The number of hydrogen-bond donors (Lipinski definition) is 0. The van der Waals surface area contributed by atoms with Crippen molar-refractivity contribution in [1.82, 2.24) is 19.9 Å². The molecule has 3 aromatic rings. The van der Waals surface area contributed by atoms with Crippen LogP contribution >= 0.6 is 15.9 Å². The summed E-state index contributed by atoms with van der Waals surface area (Å²) in [6.45, 7) is 4.07. The lowest BCUT2D eigenvalue weighted by atomic mass is 9.89. The molecule has 0 saturated carbocycles. The van der Waals surface area contributed by atoms with Crippen LogP contribution in [-0.2, 0) is 17.8 Å². The van der Waals surface area contributed by atoms with Crippen LogP contribution in [0, 0.1) is 11.8 Å². The molecule has 6 nitrogen and oxygen atoms in total. The number of carbonyl (C=O) groups excluding carboxylic acids is 1. The van der Waals surface area contributed by atoms with Gasteiger partial charge in [0.25, 0.3) is 0 Å². The molecule has 0 bridgehead atoms. The van der Waals surface area contributed by atoms with Gasteiger partial charge in [-0.15, -0.1) is 0 Å². The first-order valence-corrected chi connectivity index (χ1v) is 13.1. The monoisotopic (exact) mass is 522 g/mol. The molecule has 5 rings (SSSR count). The summed E-state index contributed by atoms with van der Waals surface area (Å²) in [5.41, 5.74) is 2.33. The number of carbonyl (C=O) groups is 1. The number of benzene rings is 2. The molecule has 2 aliphatic rings. The topological polar surface area (TPSA) is 62.5 Å². The van der Waals surface area contributed by atoms with Crippen LogP contribution < -0.4 is 0 Å². The van der Waals surface area contributed by atoms with E-state index in [4.69, 9.17) is 4.52 Å². The van der Waals surface area contributed by atoms with E-state index in [1.807, 2.05) is 24.3 Å².